The van der Waals surface area contributed by atoms with Crippen LogP contribution in [0.5, 0.6) is 0 Å². The number of hydrogen-bond donors (Lipinski definition) is 4. The minimum absolute atomic E-state index is 0.0316. The van der Waals surface area contributed by atoms with Gasteiger partial charge in [0, 0.05) is 24.1 Å². The fourth-order valence-electron chi connectivity index (χ4n) is 3.61. The van der Waals surface area contributed by atoms with Crippen LogP contribution < -0.4 is 10.6 Å². The van der Waals surface area contributed by atoms with Crippen LogP contribution in [-0.2, 0) is 15.9 Å². The highest BCUT2D eigenvalue weighted by molar-refractivity contribution is 5.92. The molecule has 1 atom stereocenters. The Bertz CT molecular complexity index is 1090. The second kappa shape index (κ2) is 15.7. The first-order valence-electron chi connectivity index (χ1n) is 12.3. The van der Waals surface area contributed by atoms with E-state index in [0.29, 0.717) is 43.7 Å². The first-order valence-corrected chi connectivity index (χ1v) is 12.3. The molecule has 1 heterocycles. The van der Waals surface area contributed by atoms with E-state index in [1.807, 2.05) is 36.4 Å². The van der Waals surface area contributed by atoms with E-state index in [1.54, 1.807) is 12.1 Å². The Morgan fingerprint density at radius 2 is 1.76 bits per heavy atom. The average molecular weight is 515 g/mol. The van der Waals surface area contributed by atoms with Crippen molar-refractivity contribution in [2.45, 2.75) is 19.3 Å². The van der Waals surface area contributed by atoms with E-state index in [4.69, 9.17) is 24.2 Å². The quantitative estimate of drug-likeness (QED) is 0.139. The number of halogens is 1. The zero-order valence-electron chi connectivity index (χ0n) is 21.0. The summed E-state index contributed by atoms with van der Waals surface area (Å²) in [6.45, 7) is 4.15. The Morgan fingerprint density at radius 3 is 2.49 bits per heavy atom. The molecule has 0 bridgehead atoms. The molecule has 200 valence electrons. The van der Waals surface area contributed by atoms with Crippen LogP contribution in [0.4, 0.5) is 10.3 Å². The molecule has 0 radical (unpaired) electrons. The van der Waals surface area contributed by atoms with Crippen molar-refractivity contribution in [2.24, 2.45) is 4.99 Å². The Kier molecular flexibility index (Phi) is 12.0. The highest BCUT2D eigenvalue weighted by Crippen LogP contribution is 2.26. The van der Waals surface area contributed by atoms with Crippen molar-refractivity contribution in [3.8, 4) is 11.1 Å². The molecule has 0 aliphatic carbocycles. The van der Waals surface area contributed by atoms with Gasteiger partial charge in [-0.1, -0.05) is 54.5 Å². The van der Waals surface area contributed by atoms with Crippen molar-refractivity contribution in [3.63, 3.8) is 0 Å². The van der Waals surface area contributed by atoms with Gasteiger partial charge in [-0.2, -0.15) is 0 Å². The zero-order chi connectivity index (χ0) is 26.3. The third-order valence-electron chi connectivity index (χ3n) is 5.47. The lowest BCUT2D eigenvalue weighted by Gasteiger charge is -2.11. The molecular formula is C27H35FN4O5. The number of aromatic nitrogens is 1. The van der Waals surface area contributed by atoms with Crippen LogP contribution in [0.25, 0.3) is 11.1 Å². The van der Waals surface area contributed by atoms with Gasteiger partial charge in [0.05, 0.1) is 51.9 Å². The monoisotopic (exact) mass is 514 g/mol. The lowest BCUT2D eigenvalue weighted by Crippen LogP contribution is -2.34. The van der Waals surface area contributed by atoms with E-state index < -0.39 is 0 Å². The molecule has 0 saturated carbocycles. The van der Waals surface area contributed by atoms with Crippen molar-refractivity contribution >= 4 is 11.8 Å². The smallest absolute Gasteiger partial charge is 0.231 e. The van der Waals surface area contributed by atoms with Crippen molar-refractivity contribution in [2.75, 3.05) is 58.0 Å². The van der Waals surface area contributed by atoms with Crippen molar-refractivity contribution in [3.05, 3.63) is 71.7 Å². The summed E-state index contributed by atoms with van der Waals surface area (Å²) in [5.74, 6) is 0.763. The van der Waals surface area contributed by atoms with Crippen LogP contribution in [0.15, 0.2) is 64.1 Å². The molecule has 4 N–H and O–H groups in total. The molecule has 3 rings (SSSR count). The van der Waals surface area contributed by atoms with E-state index in [1.165, 1.54) is 6.07 Å². The molecule has 0 saturated heterocycles. The first kappa shape index (κ1) is 28.3. The molecule has 0 spiro atoms. The predicted molar refractivity (Wildman–Crippen MR) is 140 cm³/mol. The van der Waals surface area contributed by atoms with E-state index in [0.717, 1.165) is 23.2 Å². The second-order valence-corrected chi connectivity index (χ2v) is 8.35. The minimum Gasteiger partial charge on any atom is -0.394 e. The van der Waals surface area contributed by atoms with Gasteiger partial charge in [0.25, 0.3) is 0 Å². The summed E-state index contributed by atoms with van der Waals surface area (Å²) in [4.78, 5) is 4.44. The first-order chi connectivity index (χ1) is 18.1. The van der Waals surface area contributed by atoms with E-state index >= 15 is 0 Å². The number of anilines is 1. The molecule has 2 aromatic carbocycles. The number of benzene rings is 2. The molecule has 9 nitrogen and oxygen atoms in total. The molecule has 0 aliphatic heterocycles. The van der Waals surface area contributed by atoms with Gasteiger partial charge in [-0.15, -0.1) is 0 Å². The van der Waals surface area contributed by atoms with Crippen molar-refractivity contribution in [1.82, 2.24) is 10.5 Å². The molecule has 3 aromatic rings. The van der Waals surface area contributed by atoms with Crippen LogP contribution in [0.1, 0.15) is 24.1 Å². The summed E-state index contributed by atoms with van der Waals surface area (Å²) in [5, 5.41) is 28.1. The third kappa shape index (κ3) is 9.58. The van der Waals surface area contributed by atoms with Gasteiger partial charge < -0.3 is 29.5 Å². The molecule has 0 aliphatic rings. The fraction of sp³-hybridized carbons (Fsp3) is 0.407. The predicted octanol–water partition coefficient (Wildman–Crippen LogP) is 3.20. The average Bonchev–Trinajstić information content (AvgIpc) is 3.38. The Hall–Kier alpha value is -3.31. The van der Waals surface area contributed by atoms with E-state index in [2.05, 4.69) is 27.7 Å². The Morgan fingerprint density at radius 1 is 1.03 bits per heavy atom. The molecule has 37 heavy (non-hydrogen) atoms. The number of rotatable bonds is 15. The SMILES string of the molecule is CC(Cc1ccc(-c2ccccc2F)cc1)c1cc(NC(=NCCOCCO)NCCOCCO)on1. The molecule has 0 amide bonds. The highest BCUT2D eigenvalue weighted by atomic mass is 19.1. The van der Waals surface area contributed by atoms with Gasteiger partial charge in [-0.05, 0) is 23.6 Å². The van der Waals surface area contributed by atoms with Crippen molar-refractivity contribution in [1.29, 1.82) is 0 Å². The third-order valence-corrected chi connectivity index (χ3v) is 5.47. The Balaban J connectivity index is 1.57. The summed E-state index contributed by atoms with van der Waals surface area (Å²) < 4.78 is 30.1. The number of nitrogens with zero attached hydrogens (tertiary/aromatic N) is 2. The van der Waals surface area contributed by atoms with Gasteiger partial charge in [-0.25, -0.2) is 4.39 Å². The maximum absolute atomic E-state index is 14.1. The van der Waals surface area contributed by atoms with Crippen LogP contribution in [0.2, 0.25) is 0 Å². The van der Waals surface area contributed by atoms with Crippen LogP contribution in [-0.4, -0.2) is 74.1 Å². The van der Waals surface area contributed by atoms with Gasteiger partial charge in [0.15, 0.2) is 5.96 Å². The summed E-state index contributed by atoms with van der Waals surface area (Å²) >= 11 is 0. The van der Waals surface area contributed by atoms with Crippen LogP contribution in [0.3, 0.4) is 0 Å². The fourth-order valence-corrected chi connectivity index (χ4v) is 3.61. The minimum atomic E-state index is -0.237. The van der Waals surface area contributed by atoms with Gasteiger partial charge in [0.1, 0.15) is 5.82 Å². The Labute approximate surface area is 216 Å². The summed E-state index contributed by atoms with van der Waals surface area (Å²) in [6, 6.07) is 16.4. The normalized spacial score (nSPS) is 12.5. The number of aliphatic hydroxyl groups excluding tert-OH is 2. The number of aliphatic hydroxyl groups is 2. The van der Waals surface area contributed by atoms with Gasteiger partial charge >= 0.3 is 0 Å². The molecule has 10 heteroatoms. The summed E-state index contributed by atoms with van der Waals surface area (Å²) in [6.07, 6.45) is 0.743. The number of nitrogens with one attached hydrogen (secondary N) is 2. The maximum atomic E-state index is 14.1. The van der Waals surface area contributed by atoms with Gasteiger partial charge in [-0.3, -0.25) is 10.3 Å². The lowest BCUT2D eigenvalue weighted by molar-refractivity contribution is 0.0955. The zero-order valence-corrected chi connectivity index (χ0v) is 21.0. The largest absolute Gasteiger partial charge is 0.394 e. The standard InChI is InChI=1S/C27H35FN4O5/c1-20(18-21-6-8-22(9-7-21)23-4-2-3-5-24(23)28)25-19-26(37-32-25)31-27(29-10-14-35-16-12-33)30-11-15-36-17-13-34/h2-9,19-20,33-34H,10-18H2,1H3,(H2,29,30,31). The van der Waals surface area contributed by atoms with Crippen LogP contribution >= 0.6 is 0 Å². The van der Waals surface area contributed by atoms with Crippen molar-refractivity contribution < 1.29 is 28.6 Å². The second-order valence-electron chi connectivity index (χ2n) is 8.35. The number of ether oxygens (including phenoxy) is 2. The van der Waals surface area contributed by atoms with Crippen LogP contribution in [0, 0.1) is 5.82 Å². The topological polar surface area (TPSA) is 121 Å². The maximum Gasteiger partial charge on any atom is 0.231 e. The molecule has 0 fully saturated rings. The van der Waals surface area contributed by atoms with Gasteiger partial charge in [0.2, 0.25) is 5.88 Å². The lowest BCUT2D eigenvalue weighted by atomic mass is 9.96. The highest BCUT2D eigenvalue weighted by Gasteiger charge is 2.14. The number of hydrogen-bond acceptors (Lipinski definition) is 7. The molecular weight excluding hydrogens is 479 g/mol. The molecule has 1 unspecified atom stereocenters. The number of aliphatic imine (C=N–C) groups is 1. The van der Waals surface area contributed by atoms with E-state index in [9.17, 15) is 4.39 Å². The summed E-state index contributed by atoms with van der Waals surface area (Å²) in [5.41, 5.74) is 3.32. The number of guanidine groups is 1. The summed E-state index contributed by atoms with van der Waals surface area (Å²) in [7, 11) is 0. The van der Waals surface area contributed by atoms with E-state index in [-0.39, 0.29) is 38.2 Å². The molecule has 1 aromatic heterocycles.